The SMILES string of the molecule is Cc1cc(C)cc(OCCCN(C)C(=O)CCCCl)c1. The van der Waals surface area contributed by atoms with Crippen LogP contribution in [0.5, 0.6) is 5.75 Å². The number of carbonyl (C=O) groups is 1. The van der Waals surface area contributed by atoms with Crippen molar-refractivity contribution in [3.05, 3.63) is 29.3 Å². The first-order valence-electron chi connectivity index (χ1n) is 7.04. The Morgan fingerprint density at radius 1 is 1.20 bits per heavy atom. The maximum absolute atomic E-state index is 11.7. The summed E-state index contributed by atoms with van der Waals surface area (Å²) >= 11 is 5.58. The summed E-state index contributed by atoms with van der Waals surface area (Å²) < 4.78 is 5.72. The van der Waals surface area contributed by atoms with Crippen LogP contribution < -0.4 is 4.74 Å². The molecule has 0 bridgehead atoms. The van der Waals surface area contributed by atoms with Crippen LogP contribution >= 0.6 is 11.6 Å². The summed E-state index contributed by atoms with van der Waals surface area (Å²) in [6.45, 7) is 5.45. The molecule has 0 aliphatic rings. The number of ether oxygens (including phenoxy) is 1. The largest absolute Gasteiger partial charge is 0.494 e. The van der Waals surface area contributed by atoms with E-state index in [0.717, 1.165) is 18.6 Å². The maximum atomic E-state index is 11.7. The molecule has 0 N–H and O–H groups in total. The Morgan fingerprint density at radius 3 is 2.45 bits per heavy atom. The molecule has 1 aromatic rings. The topological polar surface area (TPSA) is 29.5 Å². The molecule has 0 fully saturated rings. The Kier molecular flexibility index (Phi) is 7.45. The van der Waals surface area contributed by atoms with E-state index in [1.807, 2.05) is 19.2 Å². The molecule has 0 unspecified atom stereocenters. The molecule has 3 nitrogen and oxygen atoms in total. The highest BCUT2D eigenvalue weighted by Gasteiger charge is 2.07. The molecule has 0 aliphatic heterocycles. The van der Waals surface area contributed by atoms with Crippen LogP contribution in [0.25, 0.3) is 0 Å². The molecule has 0 saturated heterocycles. The van der Waals surface area contributed by atoms with Gasteiger partial charge in [0, 0.05) is 25.9 Å². The van der Waals surface area contributed by atoms with Gasteiger partial charge in [0.05, 0.1) is 6.61 Å². The normalized spacial score (nSPS) is 10.4. The van der Waals surface area contributed by atoms with Gasteiger partial charge in [0.15, 0.2) is 0 Å². The number of amides is 1. The second-order valence-corrected chi connectivity index (χ2v) is 5.51. The minimum atomic E-state index is 0.150. The van der Waals surface area contributed by atoms with Gasteiger partial charge in [-0.3, -0.25) is 4.79 Å². The van der Waals surface area contributed by atoms with Crippen LogP contribution in [-0.4, -0.2) is 36.9 Å². The molecule has 0 radical (unpaired) electrons. The monoisotopic (exact) mass is 297 g/mol. The van der Waals surface area contributed by atoms with Gasteiger partial charge in [-0.05, 0) is 49.9 Å². The number of benzene rings is 1. The lowest BCUT2D eigenvalue weighted by molar-refractivity contribution is -0.130. The molecule has 4 heteroatoms. The summed E-state index contributed by atoms with van der Waals surface area (Å²) in [6.07, 6.45) is 2.10. The molecule has 0 spiro atoms. The third kappa shape index (κ3) is 6.29. The molecule has 0 aliphatic carbocycles. The van der Waals surface area contributed by atoms with E-state index in [1.54, 1.807) is 4.90 Å². The van der Waals surface area contributed by atoms with Gasteiger partial charge < -0.3 is 9.64 Å². The number of aryl methyl sites for hydroxylation is 2. The Balaban J connectivity index is 2.25. The van der Waals surface area contributed by atoms with Crippen LogP contribution in [0.3, 0.4) is 0 Å². The number of nitrogens with zero attached hydrogens (tertiary/aromatic N) is 1. The van der Waals surface area contributed by atoms with Crippen LogP contribution in [0, 0.1) is 13.8 Å². The lowest BCUT2D eigenvalue weighted by atomic mass is 10.1. The van der Waals surface area contributed by atoms with E-state index in [2.05, 4.69) is 19.9 Å². The molecule has 112 valence electrons. The zero-order chi connectivity index (χ0) is 15.0. The minimum absolute atomic E-state index is 0.150. The molecule has 0 aromatic heterocycles. The average Bonchev–Trinajstić information content (AvgIpc) is 2.39. The Hall–Kier alpha value is -1.22. The van der Waals surface area contributed by atoms with E-state index >= 15 is 0 Å². The fraction of sp³-hybridized carbons (Fsp3) is 0.562. The highest BCUT2D eigenvalue weighted by molar-refractivity contribution is 6.17. The summed E-state index contributed by atoms with van der Waals surface area (Å²) in [5.41, 5.74) is 2.40. The van der Waals surface area contributed by atoms with Crippen LogP contribution in [-0.2, 0) is 4.79 Å². The van der Waals surface area contributed by atoms with Crippen molar-refractivity contribution in [2.45, 2.75) is 33.1 Å². The predicted octanol–water partition coefficient (Wildman–Crippen LogP) is 3.55. The summed E-state index contributed by atoms with van der Waals surface area (Å²) in [6, 6.07) is 6.18. The van der Waals surface area contributed by atoms with Gasteiger partial charge in [-0.2, -0.15) is 0 Å². The average molecular weight is 298 g/mol. The minimum Gasteiger partial charge on any atom is -0.494 e. The highest BCUT2D eigenvalue weighted by atomic mass is 35.5. The smallest absolute Gasteiger partial charge is 0.222 e. The van der Waals surface area contributed by atoms with Crippen molar-refractivity contribution in [3.8, 4) is 5.75 Å². The van der Waals surface area contributed by atoms with Gasteiger partial charge in [0.2, 0.25) is 5.91 Å². The number of hydrogen-bond donors (Lipinski definition) is 0. The van der Waals surface area contributed by atoms with E-state index in [9.17, 15) is 4.79 Å². The first kappa shape index (κ1) is 16.8. The van der Waals surface area contributed by atoms with Crippen LogP contribution in [0.2, 0.25) is 0 Å². The van der Waals surface area contributed by atoms with Gasteiger partial charge in [-0.15, -0.1) is 11.6 Å². The predicted molar refractivity (Wildman–Crippen MR) is 83.6 cm³/mol. The van der Waals surface area contributed by atoms with Gasteiger partial charge in [0.1, 0.15) is 5.75 Å². The highest BCUT2D eigenvalue weighted by Crippen LogP contribution is 2.16. The van der Waals surface area contributed by atoms with Crippen molar-refractivity contribution in [1.82, 2.24) is 4.90 Å². The van der Waals surface area contributed by atoms with Crippen molar-refractivity contribution < 1.29 is 9.53 Å². The van der Waals surface area contributed by atoms with Crippen molar-refractivity contribution in [2.75, 3.05) is 26.1 Å². The van der Waals surface area contributed by atoms with Crippen molar-refractivity contribution in [2.24, 2.45) is 0 Å². The van der Waals surface area contributed by atoms with Crippen molar-refractivity contribution >= 4 is 17.5 Å². The molecule has 0 saturated carbocycles. The Labute approximate surface area is 126 Å². The summed E-state index contributed by atoms with van der Waals surface area (Å²) in [7, 11) is 1.83. The van der Waals surface area contributed by atoms with Gasteiger partial charge in [-0.1, -0.05) is 6.07 Å². The first-order valence-corrected chi connectivity index (χ1v) is 7.57. The second kappa shape index (κ2) is 8.85. The van der Waals surface area contributed by atoms with Gasteiger partial charge in [0.25, 0.3) is 0 Å². The van der Waals surface area contributed by atoms with E-state index in [1.165, 1.54) is 11.1 Å². The van der Waals surface area contributed by atoms with Crippen LogP contribution in [0.1, 0.15) is 30.4 Å². The van der Waals surface area contributed by atoms with Crippen molar-refractivity contribution in [3.63, 3.8) is 0 Å². The molecular formula is C16H24ClNO2. The molecular weight excluding hydrogens is 274 g/mol. The van der Waals surface area contributed by atoms with Crippen LogP contribution in [0.4, 0.5) is 0 Å². The van der Waals surface area contributed by atoms with E-state index < -0.39 is 0 Å². The number of halogens is 1. The summed E-state index contributed by atoms with van der Waals surface area (Å²) in [5.74, 6) is 1.59. The number of carbonyl (C=O) groups excluding carboxylic acids is 1. The number of rotatable bonds is 8. The Morgan fingerprint density at radius 2 is 1.85 bits per heavy atom. The third-order valence-corrected chi connectivity index (χ3v) is 3.32. The molecule has 1 rings (SSSR count). The van der Waals surface area contributed by atoms with Gasteiger partial charge in [-0.25, -0.2) is 0 Å². The molecule has 0 atom stereocenters. The van der Waals surface area contributed by atoms with Crippen LogP contribution in [0.15, 0.2) is 18.2 Å². The van der Waals surface area contributed by atoms with E-state index in [-0.39, 0.29) is 5.91 Å². The third-order valence-electron chi connectivity index (χ3n) is 3.05. The van der Waals surface area contributed by atoms with Gasteiger partial charge >= 0.3 is 0 Å². The molecule has 20 heavy (non-hydrogen) atoms. The summed E-state index contributed by atoms with van der Waals surface area (Å²) in [4.78, 5) is 13.4. The van der Waals surface area contributed by atoms with E-state index in [4.69, 9.17) is 16.3 Å². The lowest BCUT2D eigenvalue weighted by Crippen LogP contribution is -2.28. The van der Waals surface area contributed by atoms with E-state index in [0.29, 0.717) is 25.5 Å². The zero-order valence-electron chi connectivity index (χ0n) is 12.6. The first-order chi connectivity index (χ1) is 9.52. The fourth-order valence-corrected chi connectivity index (χ4v) is 2.18. The zero-order valence-corrected chi connectivity index (χ0v) is 13.4. The molecule has 1 amide bonds. The number of hydrogen-bond acceptors (Lipinski definition) is 2. The lowest BCUT2D eigenvalue weighted by Gasteiger charge is -2.17. The second-order valence-electron chi connectivity index (χ2n) is 5.13. The maximum Gasteiger partial charge on any atom is 0.222 e. The molecule has 0 heterocycles. The Bertz CT molecular complexity index is 414. The quantitative estimate of drug-likeness (QED) is 0.542. The fourth-order valence-electron chi connectivity index (χ4n) is 2.04. The standard InChI is InChI=1S/C16H24ClNO2/c1-13-10-14(2)12-15(11-13)20-9-5-8-18(3)16(19)6-4-7-17/h10-12H,4-9H2,1-3H3. The number of alkyl halides is 1. The molecule has 1 aromatic carbocycles. The van der Waals surface area contributed by atoms with Crippen molar-refractivity contribution in [1.29, 1.82) is 0 Å². The summed E-state index contributed by atoms with van der Waals surface area (Å²) in [5, 5.41) is 0.